The Bertz CT molecular complexity index is 1300. The van der Waals surface area contributed by atoms with Crippen molar-refractivity contribution in [3.8, 4) is 0 Å². The summed E-state index contributed by atoms with van der Waals surface area (Å²) >= 11 is 0. The van der Waals surface area contributed by atoms with Gasteiger partial charge >= 0.3 is 0 Å². The molecule has 1 N–H and O–H groups in total. The van der Waals surface area contributed by atoms with Crippen LogP contribution in [-0.2, 0) is 14.8 Å². The number of hydrogen-bond acceptors (Lipinski definition) is 6. The number of carbonyl (C=O) groups excluding carboxylic acids is 1. The lowest BCUT2D eigenvalue weighted by Gasteiger charge is -2.25. The van der Waals surface area contributed by atoms with Crippen LogP contribution in [0.2, 0.25) is 0 Å². The zero-order valence-electron chi connectivity index (χ0n) is 18.0. The molecule has 0 heterocycles. The SMILES string of the molecule is Cc1ccc(S(=O)(=O)N(CC(=O)N/N=C/c2cccc([N+](=O)[O-])c2)c2ccccc2C)cc1. The van der Waals surface area contributed by atoms with Gasteiger partial charge in [0.1, 0.15) is 6.54 Å². The first kappa shape index (κ1) is 23.6. The predicted molar refractivity (Wildman–Crippen MR) is 126 cm³/mol. The summed E-state index contributed by atoms with van der Waals surface area (Å²) in [7, 11) is -4.04. The van der Waals surface area contributed by atoms with Gasteiger partial charge in [0.15, 0.2) is 0 Å². The third-order valence-corrected chi connectivity index (χ3v) is 6.54. The van der Waals surface area contributed by atoms with Crippen LogP contribution in [-0.4, -0.2) is 32.0 Å². The summed E-state index contributed by atoms with van der Waals surface area (Å²) in [6, 6.07) is 18.9. The fourth-order valence-corrected chi connectivity index (χ4v) is 4.53. The summed E-state index contributed by atoms with van der Waals surface area (Å²) in [5.74, 6) is -0.671. The molecule has 0 unspecified atom stereocenters. The lowest BCUT2D eigenvalue weighted by molar-refractivity contribution is -0.384. The molecule has 3 rings (SSSR count). The molecule has 33 heavy (non-hydrogen) atoms. The van der Waals surface area contributed by atoms with Crippen molar-refractivity contribution in [2.24, 2.45) is 5.10 Å². The van der Waals surface area contributed by atoms with Crippen LogP contribution in [0.15, 0.2) is 82.8 Å². The number of nitro groups is 1. The minimum Gasteiger partial charge on any atom is -0.271 e. The summed E-state index contributed by atoms with van der Waals surface area (Å²) in [6.07, 6.45) is 1.25. The highest BCUT2D eigenvalue weighted by Crippen LogP contribution is 2.26. The number of sulfonamides is 1. The fraction of sp³-hybridized carbons (Fsp3) is 0.130. The van der Waals surface area contributed by atoms with E-state index >= 15 is 0 Å². The van der Waals surface area contributed by atoms with Gasteiger partial charge in [0.05, 0.1) is 21.7 Å². The Morgan fingerprint density at radius 1 is 1.06 bits per heavy atom. The monoisotopic (exact) mass is 466 g/mol. The van der Waals surface area contributed by atoms with Crippen LogP contribution < -0.4 is 9.73 Å². The van der Waals surface area contributed by atoms with Crippen molar-refractivity contribution in [3.05, 3.63) is 99.6 Å². The number of amides is 1. The van der Waals surface area contributed by atoms with Gasteiger partial charge in [0.25, 0.3) is 21.6 Å². The maximum Gasteiger partial charge on any atom is 0.270 e. The molecular weight excluding hydrogens is 444 g/mol. The van der Waals surface area contributed by atoms with Gasteiger partial charge in [-0.1, -0.05) is 48.0 Å². The van der Waals surface area contributed by atoms with Gasteiger partial charge in [0.2, 0.25) is 0 Å². The van der Waals surface area contributed by atoms with Crippen LogP contribution in [0.3, 0.4) is 0 Å². The van der Waals surface area contributed by atoms with Crippen molar-refractivity contribution in [1.29, 1.82) is 0 Å². The second-order valence-corrected chi connectivity index (χ2v) is 9.12. The molecule has 0 radical (unpaired) electrons. The standard InChI is InChI=1S/C23H22N4O5S/c1-17-10-12-21(13-11-17)33(31,32)26(22-9-4-3-6-18(22)2)16-23(28)25-24-15-19-7-5-8-20(14-19)27(29)30/h3-15H,16H2,1-2H3,(H,25,28)/b24-15+. The van der Waals surface area contributed by atoms with Crippen molar-refractivity contribution in [2.75, 3.05) is 10.8 Å². The summed E-state index contributed by atoms with van der Waals surface area (Å²) in [5, 5.41) is 14.7. The molecule has 170 valence electrons. The molecule has 3 aromatic carbocycles. The molecule has 0 fully saturated rings. The van der Waals surface area contributed by atoms with Crippen molar-refractivity contribution in [1.82, 2.24) is 5.43 Å². The number of hydrazone groups is 1. The zero-order valence-corrected chi connectivity index (χ0v) is 18.8. The number of nitrogens with zero attached hydrogens (tertiary/aromatic N) is 3. The minimum atomic E-state index is -4.04. The number of nitrogens with one attached hydrogen (secondary N) is 1. The van der Waals surface area contributed by atoms with Crippen LogP contribution >= 0.6 is 0 Å². The Kier molecular flexibility index (Phi) is 7.19. The average Bonchev–Trinajstić information content (AvgIpc) is 2.78. The molecule has 1 amide bonds. The number of nitro benzene ring substituents is 1. The third-order valence-electron chi connectivity index (χ3n) is 4.76. The van der Waals surface area contributed by atoms with E-state index in [1.54, 1.807) is 49.4 Å². The fourth-order valence-electron chi connectivity index (χ4n) is 3.04. The summed E-state index contributed by atoms with van der Waals surface area (Å²) in [6.45, 7) is 3.10. The van der Waals surface area contributed by atoms with Crippen LogP contribution in [0.25, 0.3) is 0 Å². The first-order valence-electron chi connectivity index (χ1n) is 9.90. The van der Waals surface area contributed by atoms with Crippen LogP contribution in [0.5, 0.6) is 0 Å². The molecule has 10 heteroatoms. The smallest absolute Gasteiger partial charge is 0.270 e. The van der Waals surface area contributed by atoms with E-state index in [-0.39, 0.29) is 10.6 Å². The highest BCUT2D eigenvalue weighted by atomic mass is 32.2. The second-order valence-electron chi connectivity index (χ2n) is 7.26. The maximum atomic E-state index is 13.4. The molecule has 0 atom stereocenters. The minimum absolute atomic E-state index is 0.0595. The number of hydrogen-bond donors (Lipinski definition) is 1. The molecule has 0 aliphatic rings. The highest BCUT2D eigenvalue weighted by Gasteiger charge is 2.28. The van der Waals surface area contributed by atoms with Gasteiger partial charge in [-0.05, 0) is 37.6 Å². The van der Waals surface area contributed by atoms with Crippen molar-refractivity contribution in [2.45, 2.75) is 18.7 Å². The molecule has 0 bridgehead atoms. The Hall–Kier alpha value is -4.05. The van der Waals surface area contributed by atoms with E-state index in [0.717, 1.165) is 9.87 Å². The Morgan fingerprint density at radius 3 is 2.42 bits per heavy atom. The summed E-state index contributed by atoms with van der Waals surface area (Å²) < 4.78 is 27.8. The topological polar surface area (TPSA) is 122 Å². The van der Waals surface area contributed by atoms with E-state index in [4.69, 9.17) is 0 Å². The van der Waals surface area contributed by atoms with Crippen molar-refractivity contribution >= 4 is 33.5 Å². The van der Waals surface area contributed by atoms with Crippen LogP contribution in [0.1, 0.15) is 16.7 Å². The molecule has 0 saturated heterocycles. The highest BCUT2D eigenvalue weighted by molar-refractivity contribution is 7.92. The van der Waals surface area contributed by atoms with E-state index in [1.165, 1.54) is 36.5 Å². The zero-order chi connectivity index (χ0) is 24.0. The predicted octanol–water partition coefficient (Wildman–Crippen LogP) is 3.56. The van der Waals surface area contributed by atoms with Gasteiger partial charge < -0.3 is 0 Å². The van der Waals surface area contributed by atoms with Crippen molar-refractivity contribution in [3.63, 3.8) is 0 Å². The van der Waals surface area contributed by atoms with Gasteiger partial charge in [0, 0.05) is 17.7 Å². The number of aryl methyl sites for hydroxylation is 2. The Morgan fingerprint density at radius 2 is 1.76 bits per heavy atom. The number of carbonyl (C=O) groups is 1. The molecule has 0 saturated carbocycles. The largest absolute Gasteiger partial charge is 0.271 e. The molecular formula is C23H22N4O5S. The Balaban J connectivity index is 1.84. The molecule has 0 aromatic heterocycles. The quantitative estimate of drug-likeness (QED) is 0.309. The third kappa shape index (κ3) is 5.80. The molecule has 0 aliphatic heterocycles. The lowest BCUT2D eigenvalue weighted by atomic mass is 10.2. The Labute approximate surface area is 191 Å². The van der Waals surface area contributed by atoms with E-state index < -0.39 is 27.4 Å². The molecule has 3 aromatic rings. The van der Waals surface area contributed by atoms with Gasteiger partial charge in [-0.3, -0.25) is 19.2 Å². The number of rotatable bonds is 8. The number of para-hydroxylation sites is 1. The summed E-state index contributed by atoms with van der Waals surface area (Å²) in [5.41, 5.74) is 4.55. The lowest BCUT2D eigenvalue weighted by Crippen LogP contribution is -2.40. The summed E-state index contributed by atoms with van der Waals surface area (Å²) in [4.78, 5) is 23.0. The van der Waals surface area contributed by atoms with E-state index in [1.807, 2.05) is 6.92 Å². The molecule has 0 spiro atoms. The molecule has 0 aliphatic carbocycles. The first-order valence-corrected chi connectivity index (χ1v) is 11.3. The van der Waals surface area contributed by atoms with Gasteiger partial charge in [-0.15, -0.1) is 0 Å². The first-order chi connectivity index (χ1) is 15.7. The van der Waals surface area contributed by atoms with E-state index in [0.29, 0.717) is 16.8 Å². The maximum absolute atomic E-state index is 13.4. The average molecular weight is 467 g/mol. The van der Waals surface area contributed by atoms with Crippen LogP contribution in [0.4, 0.5) is 11.4 Å². The number of benzene rings is 3. The van der Waals surface area contributed by atoms with E-state index in [2.05, 4.69) is 10.5 Å². The number of non-ortho nitro benzene ring substituents is 1. The van der Waals surface area contributed by atoms with E-state index in [9.17, 15) is 23.3 Å². The number of anilines is 1. The van der Waals surface area contributed by atoms with Crippen LogP contribution in [0, 0.1) is 24.0 Å². The van der Waals surface area contributed by atoms with Gasteiger partial charge in [-0.25, -0.2) is 13.8 Å². The normalized spacial score (nSPS) is 11.3. The van der Waals surface area contributed by atoms with Gasteiger partial charge in [-0.2, -0.15) is 5.10 Å². The second kappa shape index (κ2) is 10.0. The molecule has 9 nitrogen and oxygen atoms in total. The van der Waals surface area contributed by atoms with Crippen molar-refractivity contribution < 1.29 is 18.1 Å².